The van der Waals surface area contributed by atoms with E-state index in [2.05, 4.69) is 16.2 Å². The summed E-state index contributed by atoms with van der Waals surface area (Å²) >= 11 is 11.0. The SMILES string of the molecule is CC(=O)N1C=Cc2ccccc2[C@@H]1CC(=O)NNC(=S)Nc1ccc(Cl)cc1. The molecular weight excluding hydrogens is 396 g/mol. The summed E-state index contributed by atoms with van der Waals surface area (Å²) in [7, 11) is 0. The van der Waals surface area contributed by atoms with Gasteiger partial charge in [0.15, 0.2) is 5.11 Å². The van der Waals surface area contributed by atoms with E-state index in [0.29, 0.717) is 5.02 Å². The molecule has 0 bridgehead atoms. The van der Waals surface area contributed by atoms with Crippen LogP contribution in [-0.2, 0) is 9.59 Å². The van der Waals surface area contributed by atoms with E-state index in [0.717, 1.165) is 16.8 Å². The van der Waals surface area contributed by atoms with Crippen molar-refractivity contribution in [2.45, 2.75) is 19.4 Å². The van der Waals surface area contributed by atoms with Crippen molar-refractivity contribution in [3.63, 3.8) is 0 Å². The highest BCUT2D eigenvalue weighted by molar-refractivity contribution is 7.80. The highest BCUT2D eigenvalue weighted by atomic mass is 35.5. The molecule has 0 spiro atoms. The van der Waals surface area contributed by atoms with E-state index in [1.54, 1.807) is 35.4 Å². The molecule has 6 nitrogen and oxygen atoms in total. The van der Waals surface area contributed by atoms with Crippen molar-refractivity contribution in [1.29, 1.82) is 0 Å². The number of hydrazine groups is 1. The number of carbonyl (C=O) groups excluding carboxylic acids is 2. The van der Waals surface area contributed by atoms with Crippen LogP contribution in [-0.4, -0.2) is 21.8 Å². The number of rotatable bonds is 3. The Morgan fingerprint density at radius 3 is 2.54 bits per heavy atom. The Labute approximate surface area is 173 Å². The third kappa shape index (κ3) is 4.88. The predicted molar refractivity (Wildman–Crippen MR) is 114 cm³/mol. The summed E-state index contributed by atoms with van der Waals surface area (Å²) in [6.07, 6.45) is 3.68. The van der Waals surface area contributed by atoms with Gasteiger partial charge in [-0.2, -0.15) is 0 Å². The molecule has 0 unspecified atom stereocenters. The van der Waals surface area contributed by atoms with E-state index in [1.165, 1.54) is 6.92 Å². The minimum Gasteiger partial charge on any atom is -0.331 e. The van der Waals surface area contributed by atoms with Crippen LogP contribution in [0, 0.1) is 0 Å². The average molecular weight is 415 g/mol. The summed E-state index contributed by atoms with van der Waals surface area (Å²) < 4.78 is 0. The van der Waals surface area contributed by atoms with Crippen molar-refractivity contribution in [2.75, 3.05) is 5.32 Å². The number of thiocarbonyl (C=S) groups is 1. The zero-order valence-electron chi connectivity index (χ0n) is 15.1. The molecule has 28 heavy (non-hydrogen) atoms. The second kappa shape index (κ2) is 8.86. The molecule has 0 aromatic heterocycles. The summed E-state index contributed by atoms with van der Waals surface area (Å²) in [5, 5.41) is 3.80. The summed E-state index contributed by atoms with van der Waals surface area (Å²) in [5.74, 6) is -0.418. The lowest BCUT2D eigenvalue weighted by Gasteiger charge is -2.32. The van der Waals surface area contributed by atoms with Gasteiger partial charge in [0.2, 0.25) is 11.8 Å². The Balaban J connectivity index is 1.60. The van der Waals surface area contributed by atoms with Crippen LogP contribution in [0.15, 0.2) is 54.7 Å². The normalized spacial score (nSPS) is 14.8. The largest absolute Gasteiger partial charge is 0.331 e. The first kappa shape index (κ1) is 19.9. The molecule has 1 aliphatic heterocycles. The van der Waals surface area contributed by atoms with E-state index in [1.807, 2.05) is 30.3 Å². The lowest BCUT2D eigenvalue weighted by atomic mass is 9.93. The molecule has 1 aliphatic rings. The van der Waals surface area contributed by atoms with Gasteiger partial charge in [0.05, 0.1) is 12.5 Å². The third-order valence-corrected chi connectivity index (χ3v) is 4.72. The van der Waals surface area contributed by atoms with Gasteiger partial charge < -0.3 is 10.2 Å². The highest BCUT2D eigenvalue weighted by Crippen LogP contribution is 2.32. The van der Waals surface area contributed by atoms with E-state index in [-0.39, 0.29) is 29.4 Å². The van der Waals surface area contributed by atoms with Crippen molar-refractivity contribution in [3.05, 3.63) is 70.9 Å². The molecular formula is C20H19ClN4O2S. The van der Waals surface area contributed by atoms with Gasteiger partial charge in [-0.3, -0.25) is 20.4 Å². The van der Waals surface area contributed by atoms with E-state index >= 15 is 0 Å². The quantitative estimate of drug-likeness (QED) is 0.528. The molecule has 3 N–H and O–H groups in total. The van der Waals surface area contributed by atoms with Crippen LogP contribution in [0.1, 0.15) is 30.5 Å². The van der Waals surface area contributed by atoms with Gasteiger partial charge in [-0.1, -0.05) is 35.9 Å². The minimum absolute atomic E-state index is 0.0947. The van der Waals surface area contributed by atoms with Gasteiger partial charge in [-0.05, 0) is 53.7 Å². The molecule has 0 fully saturated rings. The number of carbonyl (C=O) groups is 2. The first-order valence-electron chi connectivity index (χ1n) is 8.61. The fourth-order valence-corrected chi connectivity index (χ4v) is 3.26. The van der Waals surface area contributed by atoms with Crippen LogP contribution >= 0.6 is 23.8 Å². The first-order valence-corrected chi connectivity index (χ1v) is 9.40. The Morgan fingerprint density at radius 1 is 1.11 bits per heavy atom. The van der Waals surface area contributed by atoms with E-state index < -0.39 is 0 Å². The smallest absolute Gasteiger partial charge is 0.240 e. The molecule has 2 aromatic carbocycles. The number of amides is 2. The molecule has 1 heterocycles. The number of hydrogen-bond acceptors (Lipinski definition) is 3. The number of fused-ring (bicyclic) bond motifs is 1. The minimum atomic E-state index is -0.377. The van der Waals surface area contributed by atoms with Crippen molar-refractivity contribution < 1.29 is 9.59 Å². The van der Waals surface area contributed by atoms with Crippen LogP contribution in [0.2, 0.25) is 5.02 Å². The van der Waals surface area contributed by atoms with Gasteiger partial charge in [-0.15, -0.1) is 0 Å². The zero-order valence-corrected chi connectivity index (χ0v) is 16.7. The highest BCUT2D eigenvalue weighted by Gasteiger charge is 2.28. The van der Waals surface area contributed by atoms with Crippen molar-refractivity contribution >= 4 is 52.5 Å². The molecule has 2 amide bonds. The number of hydrogen-bond donors (Lipinski definition) is 3. The second-order valence-corrected chi connectivity index (χ2v) is 7.07. The van der Waals surface area contributed by atoms with Crippen molar-refractivity contribution in [3.8, 4) is 0 Å². The van der Waals surface area contributed by atoms with Crippen LogP contribution in [0.4, 0.5) is 5.69 Å². The summed E-state index contributed by atoms with van der Waals surface area (Å²) in [4.78, 5) is 26.0. The number of halogens is 1. The predicted octanol–water partition coefficient (Wildman–Crippen LogP) is 3.62. The van der Waals surface area contributed by atoms with Gasteiger partial charge >= 0.3 is 0 Å². The number of nitrogens with one attached hydrogen (secondary N) is 3. The topological polar surface area (TPSA) is 73.5 Å². The second-order valence-electron chi connectivity index (χ2n) is 6.23. The van der Waals surface area contributed by atoms with Gasteiger partial charge in [-0.25, -0.2) is 0 Å². The number of anilines is 1. The molecule has 0 radical (unpaired) electrons. The molecule has 0 saturated heterocycles. The summed E-state index contributed by atoms with van der Waals surface area (Å²) in [6, 6.07) is 14.3. The maximum atomic E-state index is 12.5. The molecule has 0 aliphatic carbocycles. The van der Waals surface area contributed by atoms with Crippen LogP contribution in [0.5, 0.6) is 0 Å². The van der Waals surface area contributed by atoms with Crippen molar-refractivity contribution in [1.82, 2.24) is 15.8 Å². The first-order chi connectivity index (χ1) is 13.4. The van der Waals surface area contributed by atoms with E-state index in [4.69, 9.17) is 23.8 Å². The Hall–Kier alpha value is -2.90. The lowest BCUT2D eigenvalue weighted by Crippen LogP contribution is -2.45. The van der Waals surface area contributed by atoms with Crippen molar-refractivity contribution in [2.24, 2.45) is 0 Å². The maximum absolute atomic E-state index is 12.5. The molecule has 0 saturated carbocycles. The maximum Gasteiger partial charge on any atom is 0.240 e. The number of benzene rings is 2. The summed E-state index contributed by atoms with van der Waals surface area (Å²) in [5.41, 5.74) is 7.90. The molecule has 1 atom stereocenters. The van der Waals surface area contributed by atoms with Crippen LogP contribution < -0.4 is 16.2 Å². The summed E-state index contributed by atoms with van der Waals surface area (Å²) in [6.45, 7) is 1.48. The molecule has 3 rings (SSSR count). The Morgan fingerprint density at radius 2 is 1.82 bits per heavy atom. The number of nitrogens with zero attached hydrogens (tertiary/aromatic N) is 1. The lowest BCUT2D eigenvalue weighted by molar-refractivity contribution is -0.130. The van der Waals surface area contributed by atoms with E-state index in [9.17, 15) is 9.59 Å². The third-order valence-electron chi connectivity index (χ3n) is 4.27. The fourth-order valence-electron chi connectivity index (χ4n) is 2.96. The molecule has 144 valence electrons. The zero-order chi connectivity index (χ0) is 20.1. The van der Waals surface area contributed by atoms with Crippen LogP contribution in [0.3, 0.4) is 0 Å². The Bertz CT molecular complexity index is 930. The van der Waals surface area contributed by atoms with Gasteiger partial charge in [0.1, 0.15) is 0 Å². The monoisotopic (exact) mass is 414 g/mol. The van der Waals surface area contributed by atoms with Crippen LogP contribution in [0.25, 0.3) is 6.08 Å². The fraction of sp³-hybridized carbons (Fsp3) is 0.150. The molecule has 8 heteroatoms. The molecule has 2 aromatic rings. The average Bonchev–Trinajstić information content (AvgIpc) is 2.68. The van der Waals surface area contributed by atoms with Gasteiger partial charge in [0.25, 0.3) is 0 Å². The standard InChI is InChI=1S/C20H19ClN4O2S/c1-13(26)25-11-10-14-4-2-3-5-17(14)18(25)12-19(27)23-24-20(28)22-16-8-6-15(21)7-9-16/h2-11,18H,12H2,1H3,(H,23,27)(H2,22,24,28)/t18-/m0/s1. The van der Waals surface area contributed by atoms with Gasteiger partial charge in [0, 0.05) is 23.8 Å². The Kier molecular flexibility index (Phi) is 6.28.